The first-order valence-electron chi connectivity index (χ1n) is 4.18. The fourth-order valence-corrected chi connectivity index (χ4v) is 1.10. The molecule has 0 aliphatic heterocycles. The van der Waals surface area contributed by atoms with Crippen LogP contribution in [0, 0.1) is 5.92 Å². The lowest BCUT2D eigenvalue weighted by atomic mass is 9.93. The van der Waals surface area contributed by atoms with Crippen LogP contribution >= 0.6 is 0 Å². The van der Waals surface area contributed by atoms with Gasteiger partial charge in [-0.3, -0.25) is 9.59 Å². The average Bonchev–Trinajstić information content (AvgIpc) is 2.03. The lowest BCUT2D eigenvalue weighted by Gasteiger charge is -2.14. The maximum absolute atomic E-state index is 11.0. The van der Waals surface area contributed by atoms with Crippen molar-refractivity contribution in [1.82, 2.24) is 0 Å². The van der Waals surface area contributed by atoms with Crippen LogP contribution in [0.3, 0.4) is 0 Å². The molecule has 0 amide bonds. The van der Waals surface area contributed by atoms with Crippen LogP contribution in [0.25, 0.3) is 0 Å². The minimum atomic E-state index is -1.08. The first-order valence-corrected chi connectivity index (χ1v) is 4.18. The smallest absolute Gasteiger partial charge is 0.320 e. The quantitative estimate of drug-likeness (QED) is 0.513. The van der Waals surface area contributed by atoms with Crippen LogP contribution in [0.5, 0.6) is 0 Å². The van der Waals surface area contributed by atoms with Gasteiger partial charge in [0, 0.05) is 5.92 Å². The van der Waals surface area contributed by atoms with Crippen LogP contribution in [0.15, 0.2) is 0 Å². The Kier molecular flexibility index (Phi) is 5.25. The van der Waals surface area contributed by atoms with Gasteiger partial charge in [0.05, 0.1) is 0 Å². The molecule has 0 spiro atoms. The summed E-state index contributed by atoms with van der Waals surface area (Å²) in [4.78, 5) is 21.4. The minimum Gasteiger partial charge on any atom is -0.480 e. The number of carbonyl (C=O) groups is 2. The maximum atomic E-state index is 11.0. The number of carboxylic acid groups (broad SMARTS) is 1. The number of rotatable bonds is 6. The summed E-state index contributed by atoms with van der Waals surface area (Å²) in [5, 5.41) is 8.51. The summed E-state index contributed by atoms with van der Waals surface area (Å²) in [6, 6.07) is -0.972. The van der Waals surface area contributed by atoms with Crippen molar-refractivity contribution in [2.24, 2.45) is 17.4 Å². The number of carbonyl (C=O) groups excluding carboxylic acids is 1. The van der Waals surface area contributed by atoms with Gasteiger partial charge in [0.1, 0.15) is 11.8 Å². The Morgan fingerprint density at radius 2 is 2.00 bits per heavy atom. The SMILES string of the molecule is CC(=O)C(CCN)CC(N)C(=O)O. The molecule has 0 aliphatic rings. The Morgan fingerprint density at radius 3 is 2.31 bits per heavy atom. The molecule has 0 saturated heterocycles. The zero-order chi connectivity index (χ0) is 10.4. The molecule has 0 fully saturated rings. The molecule has 0 aromatic rings. The molecular weight excluding hydrogens is 172 g/mol. The van der Waals surface area contributed by atoms with E-state index >= 15 is 0 Å². The highest BCUT2D eigenvalue weighted by atomic mass is 16.4. The van der Waals surface area contributed by atoms with Crippen molar-refractivity contribution >= 4 is 11.8 Å². The molecule has 0 rings (SSSR count). The Bertz CT molecular complexity index is 194. The van der Waals surface area contributed by atoms with E-state index in [2.05, 4.69) is 0 Å². The summed E-state index contributed by atoms with van der Waals surface area (Å²) < 4.78 is 0. The van der Waals surface area contributed by atoms with Gasteiger partial charge in [0.15, 0.2) is 0 Å². The summed E-state index contributed by atoms with van der Waals surface area (Å²) in [5.74, 6) is -1.46. The second-order valence-electron chi connectivity index (χ2n) is 3.07. The van der Waals surface area contributed by atoms with Crippen LogP contribution in [0.4, 0.5) is 0 Å². The second-order valence-corrected chi connectivity index (χ2v) is 3.07. The molecule has 0 aliphatic carbocycles. The number of ketones is 1. The van der Waals surface area contributed by atoms with Crippen molar-refractivity contribution in [2.75, 3.05) is 6.54 Å². The molecule has 0 aromatic carbocycles. The number of carboxylic acids is 1. The van der Waals surface area contributed by atoms with Gasteiger partial charge in [-0.2, -0.15) is 0 Å². The van der Waals surface area contributed by atoms with Crippen molar-refractivity contribution in [1.29, 1.82) is 0 Å². The molecule has 2 atom stereocenters. The van der Waals surface area contributed by atoms with Crippen LogP contribution in [0.1, 0.15) is 19.8 Å². The van der Waals surface area contributed by atoms with E-state index in [9.17, 15) is 9.59 Å². The number of Topliss-reactive ketones (excluding diaryl/α,β-unsaturated/α-hetero) is 1. The zero-order valence-electron chi connectivity index (χ0n) is 7.69. The Hall–Kier alpha value is -0.940. The van der Waals surface area contributed by atoms with Gasteiger partial charge in [-0.05, 0) is 26.3 Å². The molecule has 5 heteroatoms. The molecule has 0 heterocycles. The molecule has 5 N–H and O–H groups in total. The maximum Gasteiger partial charge on any atom is 0.320 e. The van der Waals surface area contributed by atoms with Crippen LogP contribution in [0.2, 0.25) is 0 Å². The van der Waals surface area contributed by atoms with Gasteiger partial charge in [0.25, 0.3) is 0 Å². The second kappa shape index (κ2) is 5.66. The number of hydrogen-bond acceptors (Lipinski definition) is 4. The third kappa shape index (κ3) is 4.59. The number of aliphatic carboxylic acids is 1. The van der Waals surface area contributed by atoms with Crippen LogP contribution in [-0.2, 0) is 9.59 Å². The molecule has 0 saturated carbocycles. The van der Waals surface area contributed by atoms with Gasteiger partial charge < -0.3 is 16.6 Å². The molecule has 0 bridgehead atoms. The van der Waals surface area contributed by atoms with Crippen molar-refractivity contribution in [2.45, 2.75) is 25.8 Å². The molecule has 5 nitrogen and oxygen atoms in total. The predicted octanol–water partition coefficient (Wildman–Crippen LogP) is -0.658. The number of hydrogen-bond donors (Lipinski definition) is 3. The van der Waals surface area contributed by atoms with E-state index in [1.165, 1.54) is 6.92 Å². The van der Waals surface area contributed by atoms with Crippen molar-refractivity contribution in [3.63, 3.8) is 0 Å². The van der Waals surface area contributed by atoms with Gasteiger partial charge in [-0.1, -0.05) is 0 Å². The zero-order valence-corrected chi connectivity index (χ0v) is 7.69. The van der Waals surface area contributed by atoms with E-state index in [1.807, 2.05) is 0 Å². The van der Waals surface area contributed by atoms with Crippen molar-refractivity contribution in [3.8, 4) is 0 Å². The van der Waals surface area contributed by atoms with Gasteiger partial charge in [-0.15, -0.1) is 0 Å². The fourth-order valence-electron chi connectivity index (χ4n) is 1.10. The van der Waals surface area contributed by atoms with Crippen LogP contribution in [-0.4, -0.2) is 29.4 Å². The summed E-state index contributed by atoms with van der Waals surface area (Å²) in [6.07, 6.45) is 0.665. The third-order valence-electron chi connectivity index (χ3n) is 1.95. The Labute approximate surface area is 77.1 Å². The normalized spacial score (nSPS) is 15.0. The van der Waals surface area contributed by atoms with E-state index in [0.717, 1.165) is 0 Å². The molecule has 0 aromatic heterocycles. The van der Waals surface area contributed by atoms with E-state index in [1.54, 1.807) is 0 Å². The van der Waals surface area contributed by atoms with E-state index < -0.39 is 12.0 Å². The lowest BCUT2D eigenvalue weighted by Crippen LogP contribution is -2.34. The molecule has 76 valence electrons. The van der Waals surface area contributed by atoms with E-state index in [-0.39, 0.29) is 18.1 Å². The monoisotopic (exact) mass is 188 g/mol. The standard InChI is InChI=1S/C8H16N2O3/c1-5(11)6(2-3-9)4-7(10)8(12)13/h6-7H,2-4,9-10H2,1H3,(H,12,13). The molecule has 0 radical (unpaired) electrons. The third-order valence-corrected chi connectivity index (χ3v) is 1.95. The molecular formula is C8H16N2O3. The Balaban J connectivity index is 4.09. The topological polar surface area (TPSA) is 106 Å². The first kappa shape index (κ1) is 12.1. The average molecular weight is 188 g/mol. The van der Waals surface area contributed by atoms with Gasteiger partial charge in [0.2, 0.25) is 0 Å². The van der Waals surface area contributed by atoms with Crippen LogP contribution < -0.4 is 11.5 Å². The minimum absolute atomic E-state index is 0.0536. The van der Waals surface area contributed by atoms with E-state index in [0.29, 0.717) is 13.0 Å². The highest BCUT2D eigenvalue weighted by molar-refractivity contribution is 5.80. The number of nitrogens with two attached hydrogens (primary N) is 2. The predicted molar refractivity (Wildman–Crippen MR) is 48.1 cm³/mol. The molecule has 13 heavy (non-hydrogen) atoms. The largest absolute Gasteiger partial charge is 0.480 e. The summed E-state index contributed by atoms with van der Waals surface area (Å²) in [5.41, 5.74) is 10.6. The lowest BCUT2D eigenvalue weighted by molar-refractivity contribution is -0.139. The molecule has 2 unspecified atom stereocenters. The Morgan fingerprint density at radius 1 is 1.46 bits per heavy atom. The van der Waals surface area contributed by atoms with Crippen molar-refractivity contribution < 1.29 is 14.7 Å². The van der Waals surface area contributed by atoms with Crippen molar-refractivity contribution in [3.05, 3.63) is 0 Å². The van der Waals surface area contributed by atoms with E-state index in [4.69, 9.17) is 16.6 Å². The summed E-state index contributed by atoms with van der Waals surface area (Å²) in [6.45, 7) is 1.80. The first-order chi connectivity index (χ1) is 5.99. The fraction of sp³-hybridized carbons (Fsp3) is 0.750. The van der Waals surface area contributed by atoms with Gasteiger partial charge >= 0.3 is 5.97 Å². The summed E-state index contributed by atoms with van der Waals surface area (Å²) >= 11 is 0. The summed E-state index contributed by atoms with van der Waals surface area (Å²) in [7, 11) is 0. The highest BCUT2D eigenvalue weighted by Crippen LogP contribution is 2.11. The highest BCUT2D eigenvalue weighted by Gasteiger charge is 2.21. The van der Waals surface area contributed by atoms with Gasteiger partial charge in [-0.25, -0.2) is 0 Å².